The van der Waals surface area contributed by atoms with Crippen LogP contribution in [0.4, 0.5) is 0 Å². The largest absolute Gasteiger partial charge is 0.492 e. The number of carbonyl (C=O) groups is 1. The van der Waals surface area contributed by atoms with Crippen molar-refractivity contribution in [3.8, 4) is 5.75 Å². The van der Waals surface area contributed by atoms with E-state index in [1.165, 1.54) is 12.8 Å². The van der Waals surface area contributed by atoms with Crippen LogP contribution >= 0.6 is 0 Å². The van der Waals surface area contributed by atoms with Gasteiger partial charge in [0.1, 0.15) is 12.4 Å². The number of hydrogen-bond donors (Lipinski definition) is 2. The van der Waals surface area contributed by atoms with Gasteiger partial charge in [-0.25, -0.2) is 0 Å². The Morgan fingerprint density at radius 2 is 2.09 bits per heavy atom. The molecule has 2 aliphatic heterocycles. The van der Waals surface area contributed by atoms with Crippen molar-refractivity contribution in [2.24, 2.45) is 11.7 Å². The van der Waals surface area contributed by atoms with Crippen molar-refractivity contribution in [3.05, 3.63) is 29.8 Å². The van der Waals surface area contributed by atoms with Crippen molar-refractivity contribution in [2.45, 2.75) is 31.7 Å². The second kappa shape index (κ2) is 7.79. The standard InChI is InChI=1S/C18H27N3O2/c19-9-12-23-16-6-4-14(5-7-16)18(22)21-11-2-1-3-15-13-20-10-8-17(15)21/h4-7,15,17,20H,1-3,8-13,19H2/t15-,17+/m0/s1. The van der Waals surface area contributed by atoms with Gasteiger partial charge in [-0.05, 0) is 62.5 Å². The third-order valence-electron chi connectivity index (χ3n) is 4.94. The monoisotopic (exact) mass is 317 g/mol. The van der Waals surface area contributed by atoms with Gasteiger partial charge in [-0.1, -0.05) is 6.42 Å². The molecule has 0 spiro atoms. The van der Waals surface area contributed by atoms with Crippen LogP contribution in [0.2, 0.25) is 0 Å². The average Bonchev–Trinajstić information content (AvgIpc) is 2.82. The lowest BCUT2D eigenvalue weighted by molar-refractivity contribution is 0.0586. The van der Waals surface area contributed by atoms with Gasteiger partial charge in [-0.3, -0.25) is 4.79 Å². The maximum atomic E-state index is 13.0. The van der Waals surface area contributed by atoms with E-state index < -0.39 is 0 Å². The first-order chi connectivity index (χ1) is 11.3. The third-order valence-corrected chi connectivity index (χ3v) is 4.94. The van der Waals surface area contributed by atoms with Crippen molar-refractivity contribution in [1.82, 2.24) is 10.2 Å². The molecular weight excluding hydrogens is 290 g/mol. The number of rotatable bonds is 4. The molecule has 23 heavy (non-hydrogen) atoms. The highest BCUT2D eigenvalue weighted by atomic mass is 16.5. The first kappa shape index (κ1) is 16.3. The molecule has 5 heteroatoms. The molecule has 2 fully saturated rings. The normalized spacial score (nSPS) is 24.7. The van der Waals surface area contributed by atoms with E-state index in [1.807, 2.05) is 24.3 Å². The molecule has 0 unspecified atom stereocenters. The quantitative estimate of drug-likeness (QED) is 0.886. The Morgan fingerprint density at radius 1 is 1.26 bits per heavy atom. The Hall–Kier alpha value is -1.59. The van der Waals surface area contributed by atoms with Gasteiger partial charge in [0.2, 0.25) is 0 Å². The van der Waals surface area contributed by atoms with E-state index in [0.717, 1.165) is 43.8 Å². The molecule has 126 valence electrons. The number of nitrogens with two attached hydrogens (primary N) is 1. The number of likely N-dealkylation sites (tertiary alicyclic amines) is 1. The van der Waals surface area contributed by atoms with Crippen molar-refractivity contribution < 1.29 is 9.53 Å². The first-order valence-corrected chi connectivity index (χ1v) is 8.74. The van der Waals surface area contributed by atoms with Crippen molar-refractivity contribution in [3.63, 3.8) is 0 Å². The van der Waals surface area contributed by atoms with Crippen molar-refractivity contribution >= 4 is 5.91 Å². The van der Waals surface area contributed by atoms with Crippen LogP contribution in [0.3, 0.4) is 0 Å². The summed E-state index contributed by atoms with van der Waals surface area (Å²) in [6.07, 6.45) is 4.62. The smallest absolute Gasteiger partial charge is 0.254 e. The van der Waals surface area contributed by atoms with Crippen LogP contribution in [0, 0.1) is 5.92 Å². The zero-order valence-electron chi connectivity index (χ0n) is 13.7. The lowest BCUT2D eigenvalue weighted by Crippen LogP contribution is -2.50. The number of nitrogens with one attached hydrogen (secondary N) is 1. The minimum Gasteiger partial charge on any atom is -0.492 e. The molecule has 2 saturated heterocycles. The number of hydrogen-bond acceptors (Lipinski definition) is 4. The minimum atomic E-state index is 0.161. The zero-order chi connectivity index (χ0) is 16.1. The van der Waals surface area contributed by atoms with E-state index in [9.17, 15) is 4.79 Å². The number of fused-ring (bicyclic) bond motifs is 1. The van der Waals surface area contributed by atoms with Gasteiger partial charge in [-0.2, -0.15) is 0 Å². The van der Waals surface area contributed by atoms with Gasteiger partial charge in [0, 0.05) is 24.7 Å². The molecular formula is C18H27N3O2. The molecule has 0 saturated carbocycles. The summed E-state index contributed by atoms with van der Waals surface area (Å²) in [5, 5.41) is 3.47. The molecule has 3 N–H and O–H groups in total. The number of piperidine rings is 1. The van der Waals surface area contributed by atoms with E-state index in [-0.39, 0.29) is 5.91 Å². The molecule has 1 amide bonds. The van der Waals surface area contributed by atoms with Gasteiger partial charge in [0.05, 0.1) is 0 Å². The van der Waals surface area contributed by atoms with Crippen molar-refractivity contribution in [2.75, 3.05) is 32.8 Å². The van der Waals surface area contributed by atoms with Crippen LogP contribution in [0.5, 0.6) is 5.75 Å². The number of nitrogens with zero attached hydrogens (tertiary/aromatic N) is 1. The summed E-state index contributed by atoms with van der Waals surface area (Å²) in [5.41, 5.74) is 6.19. The molecule has 0 aliphatic carbocycles. The average molecular weight is 317 g/mol. The maximum absolute atomic E-state index is 13.0. The molecule has 0 radical (unpaired) electrons. The van der Waals surface area contributed by atoms with E-state index in [2.05, 4.69) is 10.2 Å². The predicted molar refractivity (Wildman–Crippen MR) is 90.6 cm³/mol. The molecule has 2 atom stereocenters. The van der Waals surface area contributed by atoms with Crippen LogP contribution in [0.1, 0.15) is 36.0 Å². The number of carbonyl (C=O) groups excluding carboxylic acids is 1. The second-order valence-electron chi connectivity index (χ2n) is 6.48. The number of benzene rings is 1. The van der Waals surface area contributed by atoms with Crippen LogP contribution in [-0.2, 0) is 0 Å². The Balaban J connectivity index is 1.72. The fourth-order valence-corrected chi connectivity index (χ4v) is 3.76. The van der Waals surface area contributed by atoms with Crippen LogP contribution < -0.4 is 15.8 Å². The summed E-state index contributed by atoms with van der Waals surface area (Å²) < 4.78 is 5.48. The zero-order valence-corrected chi connectivity index (χ0v) is 13.7. The van der Waals surface area contributed by atoms with Gasteiger partial charge in [-0.15, -0.1) is 0 Å². The summed E-state index contributed by atoms with van der Waals surface area (Å²) in [5.74, 6) is 1.53. The number of ether oxygens (including phenoxy) is 1. The summed E-state index contributed by atoms with van der Waals surface area (Å²) in [4.78, 5) is 15.1. The maximum Gasteiger partial charge on any atom is 0.254 e. The summed E-state index contributed by atoms with van der Waals surface area (Å²) in [7, 11) is 0. The Kier molecular flexibility index (Phi) is 5.51. The topological polar surface area (TPSA) is 67.6 Å². The second-order valence-corrected chi connectivity index (χ2v) is 6.48. The molecule has 1 aromatic rings. The molecule has 0 bridgehead atoms. The first-order valence-electron chi connectivity index (χ1n) is 8.74. The third kappa shape index (κ3) is 3.85. The molecule has 1 aromatic carbocycles. The fourth-order valence-electron chi connectivity index (χ4n) is 3.76. The summed E-state index contributed by atoms with van der Waals surface area (Å²) in [6, 6.07) is 7.85. The molecule has 5 nitrogen and oxygen atoms in total. The van der Waals surface area contributed by atoms with Gasteiger partial charge in [0.15, 0.2) is 0 Å². The van der Waals surface area contributed by atoms with Gasteiger partial charge >= 0.3 is 0 Å². The predicted octanol–water partition coefficient (Wildman–Crippen LogP) is 1.63. The number of amides is 1. The van der Waals surface area contributed by atoms with E-state index in [4.69, 9.17) is 10.5 Å². The highest BCUT2D eigenvalue weighted by Gasteiger charge is 2.34. The van der Waals surface area contributed by atoms with Gasteiger partial charge < -0.3 is 20.7 Å². The van der Waals surface area contributed by atoms with Crippen LogP contribution in [0.15, 0.2) is 24.3 Å². The molecule has 3 rings (SSSR count). The highest BCUT2D eigenvalue weighted by molar-refractivity contribution is 5.94. The Labute approximate surface area is 138 Å². The lowest BCUT2D eigenvalue weighted by Gasteiger charge is -2.38. The minimum absolute atomic E-state index is 0.161. The summed E-state index contributed by atoms with van der Waals surface area (Å²) in [6.45, 7) is 3.92. The fraction of sp³-hybridized carbons (Fsp3) is 0.611. The summed E-state index contributed by atoms with van der Waals surface area (Å²) >= 11 is 0. The molecule has 2 heterocycles. The van der Waals surface area contributed by atoms with E-state index in [1.54, 1.807) is 0 Å². The van der Waals surface area contributed by atoms with E-state index in [0.29, 0.717) is 25.1 Å². The van der Waals surface area contributed by atoms with Crippen LogP contribution in [-0.4, -0.2) is 49.6 Å². The van der Waals surface area contributed by atoms with E-state index >= 15 is 0 Å². The molecule has 2 aliphatic rings. The molecule has 0 aromatic heterocycles. The highest BCUT2D eigenvalue weighted by Crippen LogP contribution is 2.28. The SMILES string of the molecule is NCCOc1ccc(C(=O)N2CCCC[C@H]3CNCC[C@H]32)cc1. The van der Waals surface area contributed by atoms with Gasteiger partial charge in [0.25, 0.3) is 5.91 Å². The van der Waals surface area contributed by atoms with Crippen molar-refractivity contribution in [1.29, 1.82) is 0 Å². The Bertz CT molecular complexity index is 518. The van der Waals surface area contributed by atoms with Crippen LogP contribution in [0.25, 0.3) is 0 Å². The Morgan fingerprint density at radius 3 is 2.87 bits per heavy atom. The lowest BCUT2D eigenvalue weighted by atomic mass is 9.89.